The summed E-state index contributed by atoms with van der Waals surface area (Å²) in [5, 5.41) is 8.71. The Labute approximate surface area is 108 Å². The van der Waals surface area contributed by atoms with Gasteiger partial charge < -0.3 is 9.64 Å². The summed E-state index contributed by atoms with van der Waals surface area (Å²) in [6, 6.07) is 6.54. The molecular formula is C14H19FN2O. The third-order valence-corrected chi connectivity index (χ3v) is 2.59. The first-order chi connectivity index (χ1) is 8.58. The lowest BCUT2D eigenvalue weighted by molar-refractivity contribution is 0.204. The van der Waals surface area contributed by atoms with Gasteiger partial charge in [0.05, 0.1) is 12.2 Å². The third kappa shape index (κ3) is 4.01. The molecule has 0 bridgehead atoms. The van der Waals surface area contributed by atoms with Crippen molar-refractivity contribution in [1.29, 1.82) is 5.26 Å². The molecule has 0 aliphatic carbocycles. The highest BCUT2D eigenvalue weighted by atomic mass is 19.1. The minimum absolute atomic E-state index is 0.0787. The molecule has 0 spiro atoms. The van der Waals surface area contributed by atoms with Crippen molar-refractivity contribution in [2.75, 3.05) is 31.7 Å². The van der Waals surface area contributed by atoms with Gasteiger partial charge in [-0.15, -0.1) is 0 Å². The predicted molar refractivity (Wildman–Crippen MR) is 70.0 cm³/mol. The second-order valence-electron chi connectivity index (χ2n) is 4.61. The lowest BCUT2D eigenvalue weighted by Crippen LogP contribution is -2.31. The van der Waals surface area contributed by atoms with Crippen LogP contribution >= 0.6 is 0 Å². The maximum atomic E-state index is 13.6. The van der Waals surface area contributed by atoms with E-state index in [1.54, 1.807) is 13.2 Å². The van der Waals surface area contributed by atoms with Gasteiger partial charge in [-0.3, -0.25) is 0 Å². The first kappa shape index (κ1) is 14.5. The zero-order chi connectivity index (χ0) is 13.5. The van der Waals surface area contributed by atoms with Crippen LogP contribution in [0.5, 0.6) is 0 Å². The molecule has 3 nitrogen and oxygen atoms in total. The Morgan fingerprint density at radius 1 is 1.44 bits per heavy atom. The van der Waals surface area contributed by atoms with Gasteiger partial charge in [-0.1, -0.05) is 13.8 Å². The van der Waals surface area contributed by atoms with Crippen molar-refractivity contribution >= 4 is 5.69 Å². The summed E-state index contributed by atoms with van der Waals surface area (Å²) < 4.78 is 18.7. The average molecular weight is 250 g/mol. The predicted octanol–water partition coefficient (Wildman–Crippen LogP) is 2.81. The third-order valence-electron chi connectivity index (χ3n) is 2.59. The smallest absolute Gasteiger partial charge is 0.143 e. The molecule has 0 aromatic heterocycles. The molecule has 1 aromatic rings. The van der Waals surface area contributed by atoms with Crippen LogP contribution in [0.4, 0.5) is 10.1 Å². The summed E-state index contributed by atoms with van der Waals surface area (Å²) >= 11 is 0. The highest BCUT2D eigenvalue weighted by Gasteiger charge is 2.11. The van der Waals surface area contributed by atoms with E-state index < -0.39 is 5.82 Å². The zero-order valence-electron chi connectivity index (χ0n) is 11.1. The van der Waals surface area contributed by atoms with E-state index in [0.717, 1.165) is 12.2 Å². The van der Waals surface area contributed by atoms with Crippen LogP contribution in [0.25, 0.3) is 0 Å². The van der Waals surface area contributed by atoms with Crippen molar-refractivity contribution < 1.29 is 9.13 Å². The Balaban J connectivity index is 2.90. The molecule has 4 heteroatoms. The van der Waals surface area contributed by atoms with Crippen LogP contribution < -0.4 is 4.90 Å². The Morgan fingerprint density at radius 2 is 2.17 bits per heavy atom. The van der Waals surface area contributed by atoms with Crippen LogP contribution in [0.2, 0.25) is 0 Å². The Kier molecular flexibility index (Phi) is 5.60. The number of halogens is 1. The molecule has 0 radical (unpaired) electrons. The summed E-state index contributed by atoms with van der Waals surface area (Å²) in [5.74, 6) is 0.00161. The van der Waals surface area contributed by atoms with Crippen LogP contribution in [-0.4, -0.2) is 26.8 Å². The molecule has 0 aliphatic heterocycles. The van der Waals surface area contributed by atoms with Gasteiger partial charge in [-0.25, -0.2) is 4.39 Å². The van der Waals surface area contributed by atoms with Crippen LogP contribution in [0, 0.1) is 23.1 Å². The largest absolute Gasteiger partial charge is 0.383 e. The van der Waals surface area contributed by atoms with E-state index in [9.17, 15) is 4.39 Å². The van der Waals surface area contributed by atoms with E-state index in [0.29, 0.717) is 19.1 Å². The van der Waals surface area contributed by atoms with Crippen molar-refractivity contribution in [2.24, 2.45) is 5.92 Å². The molecule has 18 heavy (non-hydrogen) atoms. The Bertz CT molecular complexity index is 426. The molecule has 0 saturated heterocycles. The first-order valence-corrected chi connectivity index (χ1v) is 6.02. The molecule has 0 atom stereocenters. The molecular weight excluding hydrogens is 231 g/mol. The van der Waals surface area contributed by atoms with Gasteiger partial charge in [0.15, 0.2) is 0 Å². The second-order valence-corrected chi connectivity index (χ2v) is 4.61. The molecule has 98 valence electrons. The number of benzene rings is 1. The van der Waals surface area contributed by atoms with Gasteiger partial charge in [0.1, 0.15) is 11.9 Å². The van der Waals surface area contributed by atoms with Crippen molar-refractivity contribution in [1.82, 2.24) is 0 Å². The SMILES string of the molecule is COCCN(CC(C)C)c1ccc(C#N)c(F)c1. The fraction of sp³-hybridized carbons (Fsp3) is 0.500. The fourth-order valence-corrected chi connectivity index (χ4v) is 1.76. The molecule has 0 heterocycles. The standard InChI is InChI=1S/C14H19FN2O/c1-11(2)10-17(6-7-18-3)13-5-4-12(9-16)14(15)8-13/h4-5,8,11H,6-7,10H2,1-3H3. The molecule has 0 aliphatic rings. The number of nitriles is 1. The van der Waals surface area contributed by atoms with Crippen molar-refractivity contribution in [3.8, 4) is 6.07 Å². The average Bonchev–Trinajstić information content (AvgIpc) is 2.34. The van der Waals surface area contributed by atoms with Gasteiger partial charge in [-0.2, -0.15) is 5.26 Å². The van der Waals surface area contributed by atoms with Crippen LogP contribution in [0.3, 0.4) is 0 Å². The number of ether oxygens (including phenoxy) is 1. The maximum Gasteiger partial charge on any atom is 0.143 e. The van der Waals surface area contributed by atoms with E-state index in [1.165, 1.54) is 12.1 Å². The fourth-order valence-electron chi connectivity index (χ4n) is 1.76. The molecule has 0 unspecified atom stereocenters. The number of methoxy groups -OCH3 is 1. The number of hydrogen-bond donors (Lipinski definition) is 0. The summed E-state index contributed by atoms with van der Waals surface area (Å²) in [6.45, 7) is 6.35. The van der Waals surface area contributed by atoms with E-state index in [-0.39, 0.29) is 5.56 Å². The second kappa shape index (κ2) is 6.97. The summed E-state index contributed by atoms with van der Waals surface area (Å²) in [5.41, 5.74) is 0.868. The number of nitrogens with zero attached hydrogens (tertiary/aromatic N) is 2. The number of rotatable bonds is 6. The summed E-state index contributed by atoms with van der Waals surface area (Å²) in [6.07, 6.45) is 0. The lowest BCUT2D eigenvalue weighted by Gasteiger charge is -2.26. The highest BCUT2D eigenvalue weighted by molar-refractivity contribution is 5.50. The van der Waals surface area contributed by atoms with Gasteiger partial charge in [0.25, 0.3) is 0 Å². The minimum Gasteiger partial charge on any atom is -0.383 e. The van der Waals surface area contributed by atoms with Gasteiger partial charge in [0.2, 0.25) is 0 Å². The van der Waals surface area contributed by atoms with Crippen molar-refractivity contribution in [2.45, 2.75) is 13.8 Å². The van der Waals surface area contributed by atoms with Crippen molar-refractivity contribution in [3.05, 3.63) is 29.6 Å². The normalized spacial score (nSPS) is 10.4. The molecule has 0 fully saturated rings. The molecule has 0 amide bonds. The van der Waals surface area contributed by atoms with Crippen LogP contribution in [0.15, 0.2) is 18.2 Å². The topological polar surface area (TPSA) is 36.3 Å². The van der Waals surface area contributed by atoms with Gasteiger partial charge >= 0.3 is 0 Å². The Hall–Kier alpha value is -1.60. The van der Waals surface area contributed by atoms with E-state index in [1.807, 2.05) is 6.07 Å². The van der Waals surface area contributed by atoms with E-state index in [2.05, 4.69) is 18.7 Å². The van der Waals surface area contributed by atoms with Gasteiger partial charge in [0, 0.05) is 25.9 Å². The molecule has 1 aromatic carbocycles. The highest BCUT2D eigenvalue weighted by Crippen LogP contribution is 2.19. The minimum atomic E-state index is -0.471. The van der Waals surface area contributed by atoms with Crippen LogP contribution in [-0.2, 0) is 4.74 Å². The van der Waals surface area contributed by atoms with Crippen molar-refractivity contribution in [3.63, 3.8) is 0 Å². The quantitative estimate of drug-likeness (QED) is 0.779. The van der Waals surface area contributed by atoms with Crippen LogP contribution in [0.1, 0.15) is 19.4 Å². The van der Waals surface area contributed by atoms with E-state index in [4.69, 9.17) is 10.00 Å². The lowest BCUT2D eigenvalue weighted by atomic mass is 10.1. The molecule has 1 rings (SSSR count). The number of anilines is 1. The summed E-state index contributed by atoms with van der Waals surface area (Å²) in [4.78, 5) is 2.07. The van der Waals surface area contributed by atoms with Gasteiger partial charge in [-0.05, 0) is 24.1 Å². The zero-order valence-corrected chi connectivity index (χ0v) is 11.1. The first-order valence-electron chi connectivity index (χ1n) is 6.02. The molecule has 0 N–H and O–H groups in total. The monoisotopic (exact) mass is 250 g/mol. The number of hydrogen-bond acceptors (Lipinski definition) is 3. The van der Waals surface area contributed by atoms with E-state index >= 15 is 0 Å². The molecule has 0 saturated carbocycles. The Morgan fingerprint density at radius 3 is 2.67 bits per heavy atom. The summed E-state index contributed by atoms with van der Waals surface area (Å²) in [7, 11) is 1.65. The maximum absolute atomic E-state index is 13.6.